The summed E-state index contributed by atoms with van der Waals surface area (Å²) in [6.07, 6.45) is 5.18. The molecule has 2 rings (SSSR count). The molecule has 0 fully saturated rings. The topological polar surface area (TPSA) is 86.9 Å². The molecule has 0 aliphatic heterocycles. The molecule has 8 heteroatoms. The molecular weight excluding hydrogens is 272 g/mol. The van der Waals surface area contributed by atoms with Gasteiger partial charge in [-0.25, -0.2) is 0 Å². The highest BCUT2D eigenvalue weighted by molar-refractivity contribution is 5.76. The summed E-state index contributed by atoms with van der Waals surface area (Å²) in [4.78, 5) is 12.0. The molecule has 0 saturated heterocycles. The Bertz CT molecular complexity index is 591. The highest BCUT2D eigenvalue weighted by atomic mass is 16.5. The van der Waals surface area contributed by atoms with Gasteiger partial charge in [0.2, 0.25) is 5.91 Å². The molecule has 0 bridgehead atoms. The van der Waals surface area contributed by atoms with Gasteiger partial charge < -0.3 is 14.6 Å². The van der Waals surface area contributed by atoms with E-state index >= 15 is 0 Å². The van der Waals surface area contributed by atoms with E-state index < -0.39 is 0 Å². The summed E-state index contributed by atoms with van der Waals surface area (Å²) in [5.74, 6) is 0.587. The van der Waals surface area contributed by atoms with Gasteiger partial charge in [0.1, 0.15) is 12.9 Å². The summed E-state index contributed by atoms with van der Waals surface area (Å²) in [5.41, 5.74) is 1.02. The van der Waals surface area contributed by atoms with Crippen LogP contribution in [0.25, 0.3) is 0 Å². The molecule has 2 heterocycles. The average Bonchev–Trinajstić information content (AvgIpc) is 3.05. The van der Waals surface area contributed by atoms with Crippen LogP contribution in [0.1, 0.15) is 24.4 Å². The van der Waals surface area contributed by atoms with Crippen LogP contribution in [0.4, 0.5) is 0 Å². The van der Waals surface area contributed by atoms with Crippen LogP contribution in [0.2, 0.25) is 0 Å². The predicted octanol–water partition coefficient (Wildman–Crippen LogP) is 0.307. The summed E-state index contributed by atoms with van der Waals surface area (Å²) >= 11 is 0. The van der Waals surface area contributed by atoms with Gasteiger partial charge in [0.05, 0.1) is 18.8 Å². The van der Waals surface area contributed by atoms with Gasteiger partial charge in [-0.05, 0) is 19.4 Å². The number of aryl methyl sites for hydroxylation is 1. The molecule has 1 N–H and O–H groups in total. The van der Waals surface area contributed by atoms with Gasteiger partial charge in [-0.15, -0.1) is 10.2 Å². The first-order valence-corrected chi connectivity index (χ1v) is 6.75. The van der Waals surface area contributed by atoms with Crippen LogP contribution in [0, 0.1) is 6.92 Å². The Morgan fingerprint density at radius 1 is 1.52 bits per heavy atom. The number of rotatable bonds is 7. The third kappa shape index (κ3) is 4.12. The fourth-order valence-corrected chi connectivity index (χ4v) is 2.01. The lowest BCUT2D eigenvalue weighted by Gasteiger charge is -2.14. The maximum Gasteiger partial charge on any atom is 0.242 e. The fourth-order valence-electron chi connectivity index (χ4n) is 2.01. The lowest BCUT2D eigenvalue weighted by Crippen LogP contribution is -2.32. The molecule has 1 amide bonds. The van der Waals surface area contributed by atoms with Crippen molar-refractivity contribution in [3.8, 4) is 0 Å². The van der Waals surface area contributed by atoms with Crippen LogP contribution in [-0.4, -0.2) is 44.2 Å². The van der Waals surface area contributed by atoms with E-state index in [0.29, 0.717) is 19.0 Å². The molecule has 0 radical (unpaired) electrons. The number of amides is 1. The van der Waals surface area contributed by atoms with Crippen molar-refractivity contribution in [2.75, 3.05) is 13.7 Å². The number of methoxy groups -OCH3 is 1. The van der Waals surface area contributed by atoms with E-state index in [2.05, 4.69) is 20.6 Å². The maximum absolute atomic E-state index is 12.0. The zero-order valence-electron chi connectivity index (χ0n) is 12.5. The third-order valence-corrected chi connectivity index (χ3v) is 3.01. The number of hydrogen-bond acceptors (Lipinski definition) is 5. The van der Waals surface area contributed by atoms with Gasteiger partial charge >= 0.3 is 0 Å². The smallest absolute Gasteiger partial charge is 0.242 e. The summed E-state index contributed by atoms with van der Waals surface area (Å²) < 4.78 is 8.51. The van der Waals surface area contributed by atoms with Crippen molar-refractivity contribution >= 4 is 5.91 Å². The SMILES string of the molecule is COCCn1cnnc1[C@H](C)NC(=O)Cn1cc(C)cn1. The van der Waals surface area contributed by atoms with Gasteiger partial charge in [0.25, 0.3) is 0 Å². The van der Waals surface area contributed by atoms with E-state index in [-0.39, 0.29) is 18.5 Å². The number of nitrogens with zero attached hydrogens (tertiary/aromatic N) is 5. The molecule has 0 aliphatic carbocycles. The monoisotopic (exact) mass is 292 g/mol. The van der Waals surface area contributed by atoms with E-state index in [9.17, 15) is 4.79 Å². The molecule has 8 nitrogen and oxygen atoms in total. The zero-order chi connectivity index (χ0) is 15.2. The van der Waals surface area contributed by atoms with Gasteiger partial charge in [0, 0.05) is 19.9 Å². The molecule has 0 aromatic carbocycles. The molecule has 114 valence electrons. The van der Waals surface area contributed by atoms with Gasteiger partial charge in [0.15, 0.2) is 5.82 Å². The maximum atomic E-state index is 12.0. The van der Waals surface area contributed by atoms with Gasteiger partial charge in [-0.2, -0.15) is 5.10 Å². The van der Waals surface area contributed by atoms with Crippen LogP contribution in [-0.2, 0) is 22.6 Å². The lowest BCUT2D eigenvalue weighted by atomic mass is 10.3. The predicted molar refractivity (Wildman–Crippen MR) is 75.4 cm³/mol. The van der Waals surface area contributed by atoms with Crippen molar-refractivity contribution in [2.45, 2.75) is 33.0 Å². The highest BCUT2D eigenvalue weighted by Gasteiger charge is 2.16. The Kier molecular flexibility index (Phi) is 5.04. The summed E-state index contributed by atoms with van der Waals surface area (Å²) in [6, 6.07) is -0.228. The van der Waals surface area contributed by atoms with Crippen molar-refractivity contribution in [3.05, 3.63) is 30.1 Å². The normalized spacial score (nSPS) is 12.3. The lowest BCUT2D eigenvalue weighted by molar-refractivity contribution is -0.122. The van der Waals surface area contributed by atoms with E-state index in [1.165, 1.54) is 0 Å². The second kappa shape index (κ2) is 6.98. The zero-order valence-corrected chi connectivity index (χ0v) is 12.5. The fraction of sp³-hybridized carbons (Fsp3) is 0.538. The Hall–Kier alpha value is -2.22. The minimum Gasteiger partial charge on any atom is -0.383 e. The second-order valence-corrected chi connectivity index (χ2v) is 4.88. The van der Waals surface area contributed by atoms with Gasteiger partial charge in [-0.1, -0.05) is 0 Å². The van der Waals surface area contributed by atoms with Crippen LogP contribution < -0.4 is 5.32 Å². The third-order valence-electron chi connectivity index (χ3n) is 3.01. The van der Waals surface area contributed by atoms with Crippen molar-refractivity contribution in [1.29, 1.82) is 0 Å². The standard InChI is InChI=1S/C13H20N6O2/c1-10-6-15-19(7-10)8-12(20)16-11(2)13-17-14-9-18(13)4-5-21-3/h6-7,9,11H,4-5,8H2,1-3H3,(H,16,20)/t11-/m0/s1. The first-order valence-electron chi connectivity index (χ1n) is 6.75. The first kappa shape index (κ1) is 15.2. The summed E-state index contributed by atoms with van der Waals surface area (Å²) in [7, 11) is 1.64. The Balaban J connectivity index is 1.92. The van der Waals surface area contributed by atoms with Crippen molar-refractivity contribution in [1.82, 2.24) is 29.9 Å². The molecule has 1 atom stereocenters. The number of aromatic nitrogens is 5. The quantitative estimate of drug-likeness (QED) is 0.793. The van der Waals surface area contributed by atoms with E-state index in [1.807, 2.05) is 24.6 Å². The van der Waals surface area contributed by atoms with Crippen LogP contribution in [0.3, 0.4) is 0 Å². The second-order valence-electron chi connectivity index (χ2n) is 4.88. The van der Waals surface area contributed by atoms with Crippen LogP contribution in [0.5, 0.6) is 0 Å². The summed E-state index contributed by atoms with van der Waals surface area (Å²) in [6.45, 7) is 5.21. The molecule has 0 spiro atoms. The minimum atomic E-state index is -0.228. The Morgan fingerprint density at radius 3 is 3.00 bits per heavy atom. The van der Waals surface area contributed by atoms with Crippen molar-refractivity contribution < 1.29 is 9.53 Å². The Morgan fingerprint density at radius 2 is 2.33 bits per heavy atom. The van der Waals surface area contributed by atoms with E-state index in [1.54, 1.807) is 24.3 Å². The first-order chi connectivity index (χ1) is 10.1. The largest absolute Gasteiger partial charge is 0.383 e. The number of carbonyl (C=O) groups excluding carboxylic acids is 1. The number of ether oxygens (including phenoxy) is 1. The molecule has 21 heavy (non-hydrogen) atoms. The number of nitrogens with one attached hydrogen (secondary N) is 1. The molecule has 2 aromatic rings. The molecule has 2 aromatic heterocycles. The molecule has 0 saturated carbocycles. The molecule has 0 aliphatic rings. The van der Waals surface area contributed by atoms with Crippen LogP contribution >= 0.6 is 0 Å². The van der Waals surface area contributed by atoms with Gasteiger partial charge in [-0.3, -0.25) is 9.48 Å². The van der Waals surface area contributed by atoms with Crippen LogP contribution in [0.15, 0.2) is 18.7 Å². The average molecular weight is 292 g/mol. The van der Waals surface area contributed by atoms with E-state index in [0.717, 1.165) is 5.56 Å². The van der Waals surface area contributed by atoms with Crippen molar-refractivity contribution in [3.63, 3.8) is 0 Å². The van der Waals surface area contributed by atoms with E-state index in [4.69, 9.17) is 4.74 Å². The summed E-state index contributed by atoms with van der Waals surface area (Å²) in [5, 5.41) is 14.9. The highest BCUT2D eigenvalue weighted by Crippen LogP contribution is 2.08. The Labute approximate surface area is 123 Å². The number of carbonyl (C=O) groups is 1. The number of hydrogen-bond donors (Lipinski definition) is 1. The minimum absolute atomic E-state index is 0.119. The molecular formula is C13H20N6O2. The van der Waals surface area contributed by atoms with Crippen molar-refractivity contribution in [2.24, 2.45) is 0 Å². The molecule has 0 unspecified atom stereocenters.